The predicted octanol–water partition coefficient (Wildman–Crippen LogP) is 2.05. The van der Waals surface area contributed by atoms with Crippen LogP contribution in [-0.4, -0.2) is 32.3 Å². The molecule has 0 aliphatic rings. The number of nitrogens with one attached hydrogen (secondary N) is 2. The summed E-state index contributed by atoms with van der Waals surface area (Å²) in [6, 6.07) is 8.38. The smallest absolute Gasteiger partial charge is 0.270 e. The molecular formula is C15H13FIN3O5S. The molecule has 138 valence electrons. The number of nitro benzene ring substituents is 1. The van der Waals surface area contributed by atoms with Crippen LogP contribution in [0.1, 0.15) is 10.4 Å². The molecule has 0 saturated carbocycles. The first-order chi connectivity index (χ1) is 12.2. The van der Waals surface area contributed by atoms with Crippen LogP contribution in [0.5, 0.6) is 0 Å². The molecule has 0 radical (unpaired) electrons. The van der Waals surface area contributed by atoms with E-state index in [1.54, 1.807) is 0 Å². The van der Waals surface area contributed by atoms with Crippen LogP contribution in [0.15, 0.2) is 47.4 Å². The number of benzene rings is 2. The van der Waals surface area contributed by atoms with Crippen molar-refractivity contribution in [1.29, 1.82) is 0 Å². The fourth-order valence-corrected chi connectivity index (χ4v) is 3.63. The molecule has 26 heavy (non-hydrogen) atoms. The van der Waals surface area contributed by atoms with Crippen LogP contribution in [0.25, 0.3) is 0 Å². The summed E-state index contributed by atoms with van der Waals surface area (Å²) in [6.07, 6.45) is 0. The summed E-state index contributed by atoms with van der Waals surface area (Å²) in [5.74, 6) is -1.09. The second-order valence-corrected chi connectivity index (χ2v) is 7.96. The summed E-state index contributed by atoms with van der Waals surface area (Å²) in [4.78, 5) is 21.8. The zero-order valence-electron chi connectivity index (χ0n) is 13.1. The molecule has 0 saturated heterocycles. The quantitative estimate of drug-likeness (QED) is 0.265. The Labute approximate surface area is 162 Å². The summed E-state index contributed by atoms with van der Waals surface area (Å²) in [6.45, 7) is -0.178. The Kier molecular flexibility index (Phi) is 6.61. The largest absolute Gasteiger partial charge is 0.351 e. The first kappa shape index (κ1) is 20.2. The molecule has 0 aliphatic carbocycles. The third kappa shape index (κ3) is 5.19. The maximum atomic E-state index is 13.2. The van der Waals surface area contributed by atoms with Crippen molar-refractivity contribution in [3.63, 3.8) is 0 Å². The zero-order chi connectivity index (χ0) is 19.3. The van der Waals surface area contributed by atoms with Crippen molar-refractivity contribution >= 4 is 44.2 Å². The van der Waals surface area contributed by atoms with E-state index in [9.17, 15) is 27.7 Å². The molecule has 1 amide bonds. The van der Waals surface area contributed by atoms with Gasteiger partial charge in [0.1, 0.15) is 5.82 Å². The monoisotopic (exact) mass is 493 g/mol. The lowest BCUT2D eigenvalue weighted by atomic mass is 10.2. The number of non-ortho nitro benzene ring substituents is 1. The van der Waals surface area contributed by atoms with E-state index in [4.69, 9.17) is 0 Å². The van der Waals surface area contributed by atoms with Gasteiger partial charge in [-0.3, -0.25) is 14.9 Å². The first-order valence-electron chi connectivity index (χ1n) is 7.18. The molecule has 11 heteroatoms. The van der Waals surface area contributed by atoms with Gasteiger partial charge in [0.15, 0.2) is 0 Å². The maximum Gasteiger partial charge on any atom is 0.270 e. The Morgan fingerprint density at radius 3 is 2.62 bits per heavy atom. The third-order valence-corrected chi connectivity index (χ3v) is 5.61. The third-order valence-electron chi connectivity index (χ3n) is 3.21. The predicted molar refractivity (Wildman–Crippen MR) is 99.7 cm³/mol. The molecule has 2 N–H and O–H groups in total. The van der Waals surface area contributed by atoms with Gasteiger partial charge in [0.05, 0.1) is 15.4 Å². The highest BCUT2D eigenvalue weighted by Crippen LogP contribution is 2.17. The molecule has 0 aliphatic heterocycles. The first-order valence-corrected chi connectivity index (χ1v) is 9.74. The number of hydrogen-bond acceptors (Lipinski definition) is 5. The van der Waals surface area contributed by atoms with Crippen molar-refractivity contribution in [3.05, 3.63) is 67.5 Å². The van der Waals surface area contributed by atoms with Crippen LogP contribution < -0.4 is 10.0 Å². The lowest BCUT2D eigenvalue weighted by Crippen LogP contribution is -2.35. The standard InChI is InChI=1S/C15H13FIN3O5S/c16-10-4-5-14(17)13(8-10)15(21)18-6-7-19-26(24,25)12-3-1-2-11(9-12)20(22)23/h1-5,8-9,19H,6-7H2,(H,18,21). The summed E-state index contributed by atoms with van der Waals surface area (Å²) < 4.78 is 40.2. The average Bonchev–Trinajstić information content (AvgIpc) is 2.60. The summed E-state index contributed by atoms with van der Waals surface area (Å²) in [7, 11) is -3.96. The Hall–Kier alpha value is -2.12. The van der Waals surface area contributed by atoms with Crippen LogP contribution >= 0.6 is 22.6 Å². The van der Waals surface area contributed by atoms with Gasteiger partial charge in [-0.2, -0.15) is 0 Å². The van der Waals surface area contributed by atoms with Gasteiger partial charge in [-0.15, -0.1) is 0 Å². The molecule has 0 heterocycles. The fourth-order valence-electron chi connectivity index (χ4n) is 1.98. The van der Waals surface area contributed by atoms with Crippen molar-refractivity contribution in [2.24, 2.45) is 0 Å². The number of carbonyl (C=O) groups excluding carboxylic acids is 1. The Morgan fingerprint density at radius 1 is 1.19 bits per heavy atom. The molecule has 0 spiro atoms. The lowest BCUT2D eigenvalue weighted by molar-refractivity contribution is -0.385. The molecule has 2 aromatic carbocycles. The van der Waals surface area contributed by atoms with Gasteiger partial charge >= 0.3 is 0 Å². The van der Waals surface area contributed by atoms with Gasteiger partial charge in [0.2, 0.25) is 10.0 Å². The molecule has 0 unspecified atom stereocenters. The van der Waals surface area contributed by atoms with E-state index in [0.29, 0.717) is 3.57 Å². The van der Waals surface area contributed by atoms with E-state index in [1.807, 2.05) is 22.6 Å². The van der Waals surface area contributed by atoms with E-state index >= 15 is 0 Å². The minimum Gasteiger partial charge on any atom is -0.351 e. The van der Waals surface area contributed by atoms with E-state index in [0.717, 1.165) is 12.1 Å². The molecule has 2 rings (SSSR count). The van der Waals surface area contributed by atoms with Gasteiger partial charge in [-0.25, -0.2) is 17.5 Å². The average molecular weight is 493 g/mol. The van der Waals surface area contributed by atoms with Crippen LogP contribution in [0.4, 0.5) is 10.1 Å². The number of carbonyl (C=O) groups is 1. The Bertz CT molecular complexity index is 952. The molecule has 0 atom stereocenters. The van der Waals surface area contributed by atoms with E-state index in [-0.39, 0.29) is 29.2 Å². The van der Waals surface area contributed by atoms with E-state index in [1.165, 1.54) is 30.3 Å². The van der Waals surface area contributed by atoms with Crippen molar-refractivity contribution in [2.75, 3.05) is 13.1 Å². The zero-order valence-corrected chi connectivity index (χ0v) is 16.1. The summed E-state index contributed by atoms with van der Waals surface area (Å²) in [5, 5.41) is 13.2. The molecule has 0 aromatic heterocycles. The highest BCUT2D eigenvalue weighted by Gasteiger charge is 2.17. The van der Waals surface area contributed by atoms with Gasteiger partial charge in [-0.05, 0) is 46.9 Å². The van der Waals surface area contributed by atoms with Crippen molar-refractivity contribution in [2.45, 2.75) is 4.90 Å². The van der Waals surface area contributed by atoms with Crippen LogP contribution in [0.3, 0.4) is 0 Å². The normalized spacial score (nSPS) is 11.2. The number of nitro groups is 1. The van der Waals surface area contributed by atoms with Crippen LogP contribution in [0.2, 0.25) is 0 Å². The molecule has 0 fully saturated rings. The maximum absolute atomic E-state index is 13.2. The van der Waals surface area contributed by atoms with Crippen molar-refractivity contribution < 1.29 is 22.5 Å². The number of rotatable bonds is 7. The second-order valence-electron chi connectivity index (χ2n) is 5.03. The van der Waals surface area contributed by atoms with Gasteiger partial charge in [-0.1, -0.05) is 6.07 Å². The fraction of sp³-hybridized carbons (Fsp3) is 0.133. The molecule has 8 nitrogen and oxygen atoms in total. The minimum atomic E-state index is -3.96. The second kappa shape index (κ2) is 8.51. The number of halogens is 2. The molecular weight excluding hydrogens is 480 g/mol. The van der Waals surface area contributed by atoms with Gasteiger partial charge in [0.25, 0.3) is 11.6 Å². The number of nitrogens with zero attached hydrogens (tertiary/aromatic N) is 1. The van der Waals surface area contributed by atoms with Gasteiger partial charge < -0.3 is 5.32 Å². The Balaban J connectivity index is 1.94. The van der Waals surface area contributed by atoms with E-state index in [2.05, 4.69) is 10.0 Å². The van der Waals surface area contributed by atoms with Crippen LogP contribution in [0, 0.1) is 19.5 Å². The number of amides is 1. The summed E-state index contributed by atoms with van der Waals surface area (Å²) in [5.41, 5.74) is -0.200. The summed E-state index contributed by atoms with van der Waals surface area (Å²) >= 11 is 1.89. The lowest BCUT2D eigenvalue weighted by Gasteiger charge is -2.09. The SMILES string of the molecule is O=C(NCCNS(=O)(=O)c1cccc([N+](=O)[O-])c1)c1cc(F)ccc1I. The van der Waals surface area contributed by atoms with Crippen LogP contribution in [-0.2, 0) is 10.0 Å². The van der Waals surface area contributed by atoms with E-state index < -0.39 is 26.7 Å². The van der Waals surface area contributed by atoms with Gasteiger partial charge in [0, 0.05) is 28.8 Å². The number of hydrogen-bond donors (Lipinski definition) is 2. The number of sulfonamides is 1. The van der Waals surface area contributed by atoms with Crippen molar-refractivity contribution in [3.8, 4) is 0 Å². The molecule has 2 aromatic rings. The highest BCUT2D eigenvalue weighted by atomic mass is 127. The van der Waals surface area contributed by atoms with Crippen molar-refractivity contribution in [1.82, 2.24) is 10.0 Å². The molecule has 0 bridgehead atoms. The topological polar surface area (TPSA) is 118 Å². The minimum absolute atomic E-state index is 0.0421. The Morgan fingerprint density at radius 2 is 1.92 bits per heavy atom. The highest BCUT2D eigenvalue weighted by molar-refractivity contribution is 14.1.